The Morgan fingerprint density at radius 3 is 2.23 bits per heavy atom. The summed E-state index contributed by atoms with van der Waals surface area (Å²) < 4.78 is 4.28. The van der Waals surface area contributed by atoms with Crippen LogP contribution in [0.3, 0.4) is 0 Å². The number of hydrogen-bond donors (Lipinski definition) is 0. The van der Waals surface area contributed by atoms with Gasteiger partial charge in [0.15, 0.2) is 0 Å². The first-order valence-electron chi connectivity index (χ1n) is 3.84. The van der Waals surface area contributed by atoms with Crippen LogP contribution in [-0.2, 0) is 13.6 Å². The molecule has 0 aliphatic carbocycles. The predicted octanol–water partition coefficient (Wildman–Crippen LogP) is 1.57. The van der Waals surface area contributed by atoms with Crippen LogP contribution >= 0.6 is 0 Å². The fourth-order valence-corrected chi connectivity index (χ4v) is 0.975. The maximum Gasteiger partial charge on any atom is 0.243 e. The zero-order chi connectivity index (χ0) is 7.40. The molecule has 0 aliphatic rings. The van der Waals surface area contributed by atoms with Crippen LogP contribution < -0.4 is 4.57 Å². The molecule has 0 amide bonds. The molecule has 1 rings (SSSR count). The van der Waals surface area contributed by atoms with Crippen molar-refractivity contribution >= 4 is 0 Å². The number of nitrogens with zero attached hydrogens (tertiary/aromatic N) is 2. The lowest BCUT2D eigenvalue weighted by atomic mass is 10.3. The van der Waals surface area contributed by atoms with Gasteiger partial charge in [-0.1, -0.05) is 13.3 Å². The first-order valence-corrected chi connectivity index (χ1v) is 3.84. The van der Waals surface area contributed by atoms with E-state index in [-0.39, 0.29) is 14.1 Å². The van der Waals surface area contributed by atoms with Gasteiger partial charge in [-0.25, -0.2) is 9.13 Å². The highest BCUT2D eigenvalue weighted by Crippen LogP contribution is 1.91. The van der Waals surface area contributed by atoms with E-state index >= 15 is 0 Å². The van der Waals surface area contributed by atoms with E-state index in [0.717, 1.165) is 6.54 Å². The fraction of sp³-hybridized carbons (Fsp3) is 0.625. The van der Waals surface area contributed by atoms with Crippen LogP contribution in [0.2, 0.25) is 0 Å². The molecule has 0 bridgehead atoms. The lowest BCUT2D eigenvalue weighted by Crippen LogP contribution is -2.23. The third-order valence-corrected chi connectivity index (χ3v) is 1.59. The molecule has 0 aliphatic heterocycles. The number of halogens is 3. The number of aromatic nitrogens is 2. The van der Waals surface area contributed by atoms with E-state index in [1.807, 2.05) is 7.05 Å². The van der Waals surface area contributed by atoms with Crippen molar-refractivity contribution in [3.05, 3.63) is 18.7 Å². The van der Waals surface area contributed by atoms with Crippen LogP contribution in [0.5, 0.6) is 0 Å². The second-order valence-corrected chi connectivity index (χ2v) is 2.67. The van der Waals surface area contributed by atoms with Crippen LogP contribution in [0.1, 0.15) is 19.8 Å². The largest absolute Gasteiger partial charge is 0.269 e. The molecule has 1 aromatic rings. The van der Waals surface area contributed by atoms with Crippen molar-refractivity contribution < 1.29 is 18.7 Å². The Kier molecular flexibility index (Phi) is 12.5. The van der Waals surface area contributed by atoms with Gasteiger partial charge in [-0.3, -0.25) is 14.1 Å². The molecule has 2 nitrogen and oxygen atoms in total. The maximum absolute atomic E-state index is 2.21. The third kappa shape index (κ3) is 6.19. The monoisotopic (exact) mass is 199 g/mol. The van der Waals surface area contributed by atoms with Crippen LogP contribution in [0, 0.1) is 0 Å². The van der Waals surface area contributed by atoms with Gasteiger partial charge in [0.05, 0.1) is 13.6 Å². The van der Waals surface area contributed by atoms with E-state index in [0.29, 0.717) is 0 Å². The Balaban J connectivity index is -0.000000333. The smallest absolute Gasteiger partial charge is 0.243 e. The second-order valence-electron chi connectivity index (χ2n) is 2.67. The van der Waals surface area contributed by atoms with Gasteiger partial charge in [0.2, 0.25) is 6.33 Å². The topological polar surface area (TPSA) is 8.81 Å². The molecular weight excluding hydrogens is 181 g/mol. The summed E-state index contributed by atoms with van der Waals surface area (Å²) in [6, 6.07) is 0. The Morgan fingerprint density at radius 2 is 1.85 bits per heavy atom. The van der Waals surface area contributed by atoms with Crippen LogP contribution in [0.25, 0.3) is 0 Å². The number of aryl methyl sites for hydroxylation is 2. The molecular formula is C8H18F3N2+. The summed E-state index contributed by atoms with van der Waals surface area (Å²) in [5, 5.41) is 0. The molecule has 0 N–H and O–H groups in total. The van der Waals surface area contributed by atoms with Crippen molar-refractivity contribution in [3.8, 4) is 0 Å². The predicted molar refractivity (Wildman–Crippen MR) is 48.0 cm³/mol. The lowest BCUT2D eigenvalue weighted by molar-refractivity contribution is -0.671. The molecule has 80 valence electrons. The van der Waals surface area contributed by atoms with Gasteiger partial charge in [0.25, 0.3) is 0 Å². The van der Waals surface area contributed by atoms with Gasteiger partial charge in [-0.15, -0.1) is 0 Å². The van der Waals surface area contributed by atoms with Gasteiger partial charge in [0.1, 0.15) is 12.4 Å². The van der Waals surface area contributed by atoms with Gasteiger partial charge in [-0.2, -0.15) is 0 Å². The average molecular weight is 199 g/mol. The summed E-state index contributed by atoms with van der Waals surface area (Å²) in [7, 11) is 2.04. The molecule has 0 aromatic carbocycles. The summed E-state index contributed by atoms with van der Waals surface area (Å²) in [5.74, 6) is 0. The number of unbranched alkanes of at least 4 members (excludes halogenated alkanes) is 1. The summed E-state index contributed by atoms with van der Waals surface area (Å²) in [4.78, 5) is 0. The molecule has 1 heterocycles. The van der Waals surface area contributed by atoms with Gasteiger partial charge in [0, 0.05) is 0 Å². The van der Waals surface area contributed by atoms with Gasteiger partial charge < -0.3 is 0 Å². The molecule has 0 fully saturated rings. The van der Waals surface area contributed by atoms with E-state index in [1.165, 1.54) is 12.8 Å². The molecule has 13 heavy (non-hydrogen) atoms. The molecule has 1 aromatic heterocycles. The second kappa shape index (κ2) is 9.09. The highest BCUT2D eigenvalue weighted by molar-refractivity contribution is 4.65. The van der Waals surface area contributed by atoms with Crippen molar-refractivity contribution in [2.45, 2.75) is 26.3 Å². The maximum atomic E-state index is 2.21. The molecule has 0 spiro atoms. The van der Waals surface area contributed by atoms with E-state index in [2.05, 4.69) is 34.8 Å². The van der Waals surface area contributed by atoms with E-state index < -0.39 is 0 Å². The standard InChI is InChI=1S/C8H15N2.3FH/c1-3-4-5-10-7-6-9(2)8-10;;;/h6-8H,3-5H2,1-2H3;3*1H/q+1;;;. The van der Waals surface area contributed by atoms with Crippen molar-refractivity contribution in [1.82, 2.24) is 4.57 Å². The molecule has 0 radical (unpaired) electrons. The minimum Gasteiger partial charge on any atom is -0.269 e. The lowest BCUT2D eigenvalue weighted by Gasteiger charge is -1.90. The van der Waals surface area contributed by atoms with Crippen LogP contribution in [0.4, 0.5) is 14.1 Å². The number of hydrogen-bond acceptors (Lipinski definition) is 0. The van der Waals surface area contributed by atoms with E-state index in [9.17, 15) is 0 Å². The van der Waals surface area contributed by atoms with Crippen LogP contribution in [0.15, 0.2) is 18.7 Å². The Labute approximate surface area is 76.3 Å². The number of imidazole rings is 1. The fourth-order valence-electron chi connectivity index (χ4n) is 0.975. The minimum absolute atomic E-state index is 0. The molecule has 0 saturated heterocycles. The zero-order valence-electron chi connectivity index (χ0n) is 7.97. The quantitative estimate of drug-likeness (QED) is 0.653. The highest BCUT2D eigenvalue weighted by Gasteiger charge is 1.96. The summed E-state index contributed by atoms with van der Waals surface area (Å²) in [5.41, 5.74) is 0. The Morgan fingerprint density at radius 1 is 1.23 bits per heavy atom. The van der Waals surface area contributed by atoms with Crippen molar-refractivity contribution in [3.63, 3.8) is 0 Å². The Bertz CT molecular complexity index is 201. The Hall–Kier alpha value is -1.00. The van der Waals surface area contributed by atoms with Crippen molar-refractivity contribution in [1.29, 1.82) is 0 Å². The SMILES string of the molecule is CCCCn1cc[n+](C)c1.F.F.F. The zero-order valence-corrected chi connectivity index (χ0v) is 7.97. The van der Waals surface area contributed by atoms with E-state index in [4.69, 9.17) is 0 Å². The molecule has 0 unspecified atom stereocenters. The summed E-state index contributed by atoms with van der Waals surface area (Å²) >= 11 is 0. The molecule has 0 saturated carbocycles. The average Bonchev–Trinajstić information content (AvgIpc) is 2.31. The van der Waals surface area contributed by atoms with E-state index in [1.54, 1.807) is 0 Å². The van der Waals surface area contributed by atoms with Crippen LogP contribution in [-0.4, -0.2) is 4.57 Å². The van der Waals surface area contributed by atoms with Crippen molar-refractivity contribution in [2.75, 3.05) is 0 Å². The normalized spacial score (nSPS) is 7.85. The first-order chi connectivity index (χ1) is 4.83. The number of rotatable bonds is 3. The minimum atomic E-state index is 0. The van der Waals surface area contributed by atoms with Gasteiger partial charge in [-0.05, 0) is 6.42 Å². The van der Waals surface area contributed by atoms with Crippen molar-refractivity contribution in [2.24, 2.45) is 7.05 Å². The summed E-state index contributed by atoms with van der Waals surface area (Å²) in [6.45, 7) is 3.36. The first kappa shape index (κ1) is 17.9. The highest BCUT2D eigenvalue weighted by atomic mass is 19.0. The summed E-state index contributed by atoms with van der Waals surface area (Å²) in [6.07, 6.45) is 8.82. The molecule has 0 atom stereocenters. The van der Waals surface area contributed by atoms with Gasteiger partial charge >= 0.3 is 0 Å². The third-order valence-electron chi connectivity index (χ3n) is 1.59. The molecule has 5 heteroatoms.